The summed E-state index contributed by atoms with van der Waals surface area (Å²) in [5, 5.41) is 0. The minimum Gasteiger partial charge on any atom is -0.465 e. The van der Waals surface area contributed by atoms with E-state index in [1.165, 1.54) is 0 Å². The van der Waals surface area contributed by atoms with Crippen LogP contribution in [0.4, 0.5) is 8.78 Å². The first-order valence-electron chi connectivity index (χ1n) is 10.1. The van der Waals surface area contributed by atoms with Crippen molar-refractivity contribution in [3.8, 4) is 0 Å². The smallest absolute Gasteiger partial charge is 0.328 e. The van der Waals surface area contributed by atoms with E-state index in [1.54, 1.807) is 19.9 Å². The number of hydrogen-bond donors (Lipinski definition) is 0. The number of allylic oxidation sites excluding steroid dienone is 2. The molecule has 29 heavy (non-hydrogen) atoms. The Morgan fingerprint density at radius 2 is 1.76 bits per heavy atom. The number of ether oxygens (including phenoxy) is 3. The Bertz CT molecular complexity index is 612. The summed E-state index contributed by atoms with van der Waals surface area (Å²) in [6.45, 7) is 4.25. The van der Waals surface area contributed by atoms with Crippen molar-refractivity contribution in [1.82, 2.24) is 4.90 Å². The van der Waals surface area contributed by atoms with Gasteiger partial charge in [0, 0.05) is 19.5 Å². The maximum absolute atomic E-state index is 14.6. The predicted molar refractivity (Wildman–Crippen MR) is 99.1 cm³/mol. The highest BCUT2D eigenvalue weighted by molar-refractivity contribution is 5.95. The number of morpholine rings is 1. The van der Waals surface area contributed by atoms with Gasteiger partial charge in [0.1, 0.15) is 0 Å². The molecule has 1 fully saturated rings. The van der Waals surface area contributed by atoms with Gasteiger partial charge in [-0.15, -0.1) is 0 Å². The van der Waals surface area contributed by atoms with Crippen molar-refractivity contribution in [3.05, 3.63) is 11.6 Å². The molecule has 0 saturated carbocycles. The number of rotatable bonds is 8. The Hall–Kier alpha value is -2.03. The Morgan fingerprint density at radius 3 is 2.31 bits per heavy atom. The highest BCUT2D eigenvalue weighted by atomic mass is 19.3. The lowest BCUT2D eigenvalue weighted by Gasteiger charge is -2.32. The zero-order valence-corrected chi connectivity index (χ0v) is 17.0. The molecule has 0 spiro atoms. The maximum Gasteiger partial charge on any atom is 0.328 e. The summed E-state index contributed by atoms with van der Waals surface area (Å²) in [5.74, 6) is -7.81. The van der Waals surface area contributed by atoms with Crippen LogP contribution in [-0.4, -0.2) is 68.2 Å². The maximum atomic E-state index is 14.6. The average Bonchev–Trinajstić information content (AvgIpc) is 2.68. The fourth-order valence-electron chi connectivity index (χ4n) is 3.76. The highest BCUT2D eigenvalue weighted by Crippen LogP contribution is 2.37. The number of amides is 1. The summed E-state index contributed by atoms with van der Waals surface area (Å²) in [7, 11) is 0. The number of halogens is 2. The van der Waals surface area contributed by atoms with Crippen molar-refractivity contribution in [1.29, 1.82) is 0 Å². The van der Waals surface area contributed by atoms with E-state index >= 15 is 0 Å². The fourth-order valence-corrected chi connectivity index (χ4v) is 3.76. The van der Waals surface area contributed by atoms with E-state index in [9.17, 15) is 23.2 Å². The molecular formula is C20H29F2NO6. The summed E-state index contributed by atoms with van der Waals surface area (Å²) in [6, 6.07) is 0. The number of hydrogen-bond acceptors (Lipinski definition) is 6. The van der Waals surface area contributed by atoms with Crippen LogP contribution < -0.4 is 0 Å². The van der Waals surface area contributed by atoms with Gasteiger partial charge in [0.25, 0.3) is 5.91 Å². The van der Waals surface area contributed by atoms with Crippen LogP contribution in [0.5, 0.6) is 0 Å². The number of carbonyl (C=O) groups excluding carboxylic acids is 3. The fraction of sp³-hybridized carbons (Fsp3) is 0.750. The zero-order chi connectivity index (χ0) is 21.4. The minimum absolute atomic E-state index is 0.107. The molecule has 1 saturated heterocycles. The first-order valence-corrected chi connectivity index (χ1v) is 10.1. The molecule has 0 radical (unpaired) electrons. The van der Waals surface area contributed by atoms with Crippen molar-refractivity contribution in [2.45, 2.75) is 45.5 Å². The van der Waals surface area contributed by atoms with Gasteiger partial charge >= 0.3 is 17.9 Å². The van der Waals surface area contributed by atoms with Crippen molar-refractivity contribution < 1.29 is 37.4 Å². The minimum atomic E-state index is -3.55. The number of alkyl halides is 2. The van der Waals surface area contributed by atoms with E-state index in [2.05, 4.69) is 0 Å². The molecule has 2 aliphatic rings. The molecule has 1 aliphatic heterocycles. The number of esters is 2. The Morgan fingerprint density at radius 1 is 1.17 bits per heavy atom. The van der Waals surface area contributed by atoms with Crippen LogP contribution in [0.2, 0.25) is 0 Å². The van der Waals surface area contributed by atoms with Crippen molar-refractivity contribution in [2.75, 3.05) is 39.5 Å². The van der Waals surface area contributed by atoms with Gasteiger partial charge in [0.15, 0.2) is 5.92 Å². The molecule has 164 valence electrons. The Balaban J connectivity index is 2.07. The van der Waals surface area contributed by atoms with E-state index in [0.717, 1.165) is 4.90 Å². The third kappa shape index (κ3) is 6.22. The van der Waals surface area contributed by atoms with Gasteiger partial charge in [-0.05, 0) is 39.0 Å². The number of carbonyl (C=O) groups is 3. The quantitative estimate of drug-likeness (QED) is 0.343. The molecule has 1 aliphatic carbocycles. The lowest BCUT2D eigenvalue weighted by Crippen LogP contribution is -2.49. The molecule has 0 N–H and O–H groups in total. The second-order valence-corrected chi connectivity index (χ2v) is 7.17. The van der Waals surface area contributed by atoms with Gasteiger partial charge in [0.05, 0.1) is 26.4 Å². The topological polar surface area (TPSA) is 82.1 Å². The lowest BCUT2D eigenvalue weighted by molar-refractivity contribution is -0.165. The van der Waals surface area contributed by atoms with Gasteiger partial charge in [-0.3, -0.25) is 14.4 Å². The van der Waals surface area contributed by atoms with Crippen LogP contribution in [0, 0.1) is 11.8 Å². The molecule has 7 nitrogen and oxygen atoms in total. The lowest BCUT2D eigenvalue weighted by atomic mass is 9.78. The largest absolute Gasteiger partial charge is 0.465 e. The third-order valence-corrected chi connectivity index (χ3v) is 5.11. The molecule has 9 heteroatoms. The molecule has 1 atom stereocenters. The predicted octanol–water partition coefficient (Wildman–Crippen LogP) is 2.34. The molecule has 1 amide bonds. The Labute approximate surface area is 169 Å². The van der Waals surface area contributed by atoms with Crippen LogP contribution in [-0.2, 0) is 28.6 Å². The summed E-state index contributed by atoms with van der Waals surface area (Å²) in [6.07, 6.45) is 1.99. The van der Waals surface area contributed by atoms with Gasteiger partial charge in [-0.2, -0.15) is 8.78 Å². The summed E-state index contributed by atoms with van der Waals surface area (Å²) in [4.78, 5) is 38.0. The first kappa shape index (κ1) is 23.3. The normalized spacial score (nSPS) is 20.2. The molecule has 2 rings (SSSR count). The van der Waals surface area contributed by atoms with Crippen molar-refractivity contribution in [2.24, 2.45) is 11.8 Å². The first-order chi connectivity index (χ1) is 13.8. The van der Waals surface area contributed by atoms with Crippen molar-refractivity contribution in [3.63, 3.8) is 0 Å². The third-order valence-electron chi connectivity index (χ3n) is 5.11. The molecule has 1 heterocycles. The molecule has 0 aromatic rings. The average molecular weight is 417 g/mol. The summed E-state index contributed by atoms with van der Waals surface area (Å²) < 4.78 is 44.3. The highest BCUT2D eigenvalue weighted by Gasteiger charge is 2.45. The van der Waals surface area contributed by atoms with Gasteiger partial charge < -0.3 is 19.1 Å². The molecule has 0 aromatic carbocycles. The van der Waals surface area contributed by atoms with Gasteiger partial charge in [-0.25, -0.2) is 0 Å². The molecule has 0 aromatic heterocycles. The van der Waals surface area contributed by atoms with E-state index in [4.69, 9.17) is 14.2 Å². The summed E-state index contributed by atoms with van der Waals surface area (Å²) >= 11 is 0. The van der Waals surface area contributed by atoms with Gasteiger partial charge in [0.2, 0.25) is 0 Å². The second-order valence-electron chi connectivity index (χ2n) is 7.17. The zero-order valence-electron chi connectivity index (χ0n) is 17.0. The Kier molecular flexibility index (Phi) is 8.55. The summed E-state index contributed by atoms with van der Waals surface area (Å²) in [5.41, 5.74) is 0.367. The van der Waals surface area contributed by atoms with Gasteiger partial charge in [-0.1, -0.05) is 11.6 Å². The van der Waals surface area contributed by atoms with Crippen LogP contribution in [0.3, 0.4) is 0 Å². The second kappa shape index (κ2) is 10.7. The van der Waals surface area contributed by atoms with Crippen LogP contribution >= 0.6 is 0 Å². The molecular weight excluding hydrogens is 388 g/mol. The van der Waals surface area contributed by atoms with E-state index in [0.29, 0.717) is 18.4 Å². The SMILES string of the molecule is CCOC(=O)C(C(=O)OCC)C1CCC=C(CC(F)(F)C(=O)N2CCOCC2)C1. The molecule has 0 bridgehead atoms. The van der Waals surface area contributed by atoms with E-state index in [1.807, 2.05) is 0 Å². The van der Waals surface area contributed by atoms with Crippen molar-refractivity contribution >= 4 is 17.8 Å². The standard InChI is InChI=1S/C20H29F2NO6/c1-3-28-17(24)16(18(25)29-4-2)15-7-5-6-14(12-15)13-20(21,22)19(26)23-8-10-27-11-9-23/h6,15-16H,3-5,7-13H2,1-2H3. The number of nitrogens with zero attached hydrogens (tertiary/aromatic N) is 1. The van der Waals surface area contributed by atoms with Crippen LogP contribution in [0.15, 0.2) is 11.6 Å². The van der Waals surface area contributed by atoms with Crippen LogP contribution in [0.25, 0.3) is 0 Å². The van der Waals surface area contributed by atoms with E-state index in [-0.39, 0.29) is 45.9 Å². The molecule has 1 unspecified atom stereocenters. The monoisotopic (exact) mass is 417 g/mol. The van der Waals surface area contributed by atoms with E-state index < -0.39 is 42.0 Å². The van der Waals surface area contributed by atoms with Crippen LogP contribution in [0.1, 0.15) is 39.5 Å².